The first kappa shape index (κ1) is 25.1. The van der Waals surface area contributed by atoms with Crippen LogP contribution in [0, 0.1) is 11.7 Å². The number of pyridine rings is 2. The van der Waals surface area contributed by atoms with Crippen molar-refractivity contribution in [2.75, 3.05) is 31.6 Å². The number of aliphatic hydroxyl groups excluding tert-OH is 1. The van der Waals surface area contributed by atoms with E-state index in [0.29, 0.717) is 25.3 Å². The number of hydrogen-bond acceptors (Lipinski definition) is 9. The summed E-state index contributed by atoms with van der Waals surface area (Å²) in [5, 5.41) is 29.0. The summed E-state index contributed by atoms with van der Waals surface area (Å²) in [5.74, 6) is -3.21. The summed E-state index contributed by atoms with van der Waals surface area (Å²) in [4.78, 5) is 44.4. The first-order valence-corrected chi connectivity index (χ1v) is 10.5. The quantitative estimate of drug-likeness (QED) is 0.424. The number of hydrogen-bond donors (Lipinski definition) is 4. The molecule has 1 aliphatic heterocycles. The van der Waals surface area contributed by atoms with Crippen LogP contribution in [0.4, 0.5) is 10.2 Å². The fourth-order valence-electron chi connectivity index (χ4n) is 3.60. The number of aliphatic carboxylic acids is 1. The number of aromatic nitrogens is 2. The van der Waals surface area contributed by atoms with Gasteiger partial charge in [0.25, 0.3) is 0 Å². The summed E-state index contributed by atoms with van der Waals surface area (Å²) >= 11 is 0. The number of nitrogens with two attached hydrogens (primary N) is 1. The van der Waals surface area contributed by atoms with Gasteiger partial charge < -0.3 is 35.4 Å². The van der Waals surface area contributed by atoms with E-state index >= 15 is 0 Å². The van der Waals surface area contributed by atoms with Crippen LogP contribution in [0.2, 0.25) is 0 Å². The smallest absolute Gasteiger partial charge is 0.341 e. The van der Waals surface area contributed by atoms with Gasteiger partial charge in [-0.15, -0.1) is 0 Å². The van der Waals surface area contributed by atoms with Crippen LogP contribution < -0.4 is 16.1 Å². The van der Waals surface area contributed by atoms with Crippen molar-refractivity contribution in [3.8, 4) is 0 Å². The number of rotatable bonds is 6. The van der Waals surface area contributed by atoms with Crippen LogP contribution in [0.3, 0.4) is 0 Å². The lowest BCUT2D eigenvalue weighted by molar-refractivity contribution is -0.145. The van der Waals surface area contributed by atoms with Gasteiger partial charge in [-0.05, 0) is 25.8 Å². The highest BCUT2D eigenvalue weighted by molar-refractivity contribution is 5.95. The zero-order valence-corrected chi connectivity index (χ0v) is 18.6. The normalized spacial score (nSPS) is 19.6. The Morgan fingerprint density at radius 1 is 1.38 bits per heavy atom. The predicted octanol–water partition coefficient (Wildman–Crippen LogP) is 0.418. The van der Waals surface area contributed by atoms with E-state index in [1.807, 2.05) is 0 Å². The molecule has 3 heterocycles. The summed E-state index contributed by atoms with van der Waals surface area (Å²) < 4.78 is 16.5. The summed E-state index contributed by atoms with van der Waals surface area (Å²) in [6.07, 6.45) is 1.79. The number of aromatic carboxylic acids is 1. The molecular formula is C21H26FN5O7. The molecule has 13 heteroatoms. The number of anilines is 1. The van der Waals surface area contributed by atoms with Crippen LogP contribution >= 0.6 is 0 Å². The second-order valence-corrected chi connectivity index (χ2v) is 8.07. The van der Waals surface area contributed by atoms with Crippen LogP contribution in [0.1, 0.15) is 36.2 Å². The molecule has 12 nitrogen and oxygen atoms in total. The maximum Gasteiger partial charge on any atom is 0.341 e. The number of carboxylic acids is 2. The second kappa shape index (κ2) is 10.1. The lowest BCUT2D eigenvalue weighted by atomic mass is 10.1. The Labute approximate surface area is 193 Å². The van der Waals surface area contributed by atoms with Gasteiger partial charge >= 0.3 is 11.9 Å². The molecule has 1 aliphatic carbocycles. The number of fused-ring (bicyclic) bond motifs is 1. The molecule has 2 unspecified atom stereocenters. The van der Waals surface area contributed by atoms with E-state index in [2.05, 4.69) is 10.1 Å². The highest BCUT2D eigenvalue weighted by Gasteiger charge is 2.33. The molecule has 34 heavy (non-hydrogen) atoms. The molecule has 2 aromatic heterocycles. The summed E-state index contributed by atoms with van der Waals surface area (Å²) in [6, 6.07) is 1.14. The standard InChI is InChI=1S/C18H20FN5O4.C3H6O3/c1-28-22-14-8-23(6-9(14)5-20)17-13(19)4-11-15(25)12(18(26)27)7-24(10-2-3-10)16(11)21-17;1-2(4)3(5)6/h4,7,9-10H,2-3,5-6,8,20H2,1H3,(H,26,27);2,4H,1H3,(H,5,6)/b22-14-;. The maximum atomic E-state index is 14.9. The average Bonchev–Trinajstić information content (AvgIpc) is 3.54. The van der Waals surface area contributed by atoms with Crippen LogP contribution in [0.5, 0.6) is 0 Å². The summed E-state index contributed by atoms with van der Waals surface area (Å²) in [6.45, 7) is 2.27. The largest absolute Gasteiger partial charge is 0.479 e. The maximum absolute atomic E-state index is 14.9. The molecule has 5 N–H and O–H groups in total. The van der Waals surface area contributed by atoms with Crippen molar-refractivity contribution in [2.24, 2.45) is 16.8 Å². The predicted molar refractivity (Wildman–Crippen MR) is 120 cm³/mol. The number of nitrogens with zero attached hydrogens (tertiary/aromatic N) is 4. The number of carbonyl (C=O) groups is 2. The molecule has 0 aromatic carbocycles. The van der Waals surface area contributed by atoms with E-state index in [4.69, 9.17) is 20.8 Å². The van der Waals surface area contributed by atoms with Crippen LogP contribution in [0.15, 0.2) is 22.2 Å². The lowest BCUT2D eigenvalue weighted by Crippen LogP contribution is -2.26. The third-order valence-corrected chi connectivity index (χ3v) is 5.52. The first-order valence-electron chi connectivity index (χ1n) is 10.5. The number of carboxylic acid groups (broad SMARTS) is 2. The molecule has 4 rings (SSSR count). The number of oxime groups is 1. The van der Waals surface area contributed by atoms with Gasteiger partial charge in [0.05, 0.1) is 17.6 Å². The van der Waals surface area contributed by atoms with Gasteiger partial charge in [0, 0.05) is 31.2 Å². The first-order chi connectivity index (χ1) is 16.1. The lowest BCUT2D eigenvalue weighted by Gasteiger charge is -2.19. The Morgan fingerprint density at radius 3 is 2.53 bits per heavy atom. The Kier molecular flexibility index (Phi) is 7.47. The van der Waals surface area contributed by atoms with E-state index in [9.17, 15) is 23.9 Å². The minimum absolute atomic E-state index is 0.0339. The van der Waals surface area contributed by atoms with Gasteiger partial charge in [-0.3, -0.25) is 4.79 Å². The van der Waals surface area contributed by atoms with Gasteiger partial charge in [-0.2, -0.15) is 0 Å². The number of halogens is 1. The average molecular weight is 479 g/mol. The number of aliphatic hydroxyl groups is 1. The molecule has 2 atom stereocenters. The Hall–Kier alpha value is -3.58. The van der Waals surface area contributed by atoms with Crippen LogP contribution in [-0.2, 0) is 9.63 Å². The molecule has 0 bridgehead atoms. The van der Waals surface area contributed by atoms with Crippen molar-refractivity contribution in [2.45, 2.75) is 31.9 Å². The zero-order chi connectivity index (χ0) is 25.2. The molecule has 1 saturated carbocycles. The van der Waals surface area contributed by atoms with Crippen molar-refractivity contribution in [3.63, 3.8) is 0 Å². The molecule has 2 aliphatic rings. The molecule has 0 radical (unpaired) electrons. The SMILES string of the molecule is CC(O)C(=O)O.CO/N=C1/CN(c2nc3c(cc2F)c(=O)c(C(=O)O)cn3C2CC2)CC1CN. The molecule has 184 valence electrons. The minimum atomic E-state index is -1.34. The molecular weight excluding hydrogens is 453 g/mol. The van der Waals surface area contributed by atoms with Crippen LogP contribution in [-0.4, -0.2) is 75.4 Å². The Morgan fingerprint density at radius 2 is 2.03 bits per heavy atom. The van der Waals surface area contributed by atoms with E-state index in [-0.39, 0.29) is 34.4 Å². The minimum Gasteiger partial charge on any atom is -0.479 e. The Bertz CT molecular complexity index is 1190. The topological polar surface area (TPSA) is 181 Å². The van der Waals surface area contributed by atoms with Crippen molar-refractivity contribution < 1.29 is 34.1 Å². The third-order valence-electron chi connectivity index (χ3n) is 5.52. The second-order valence-electron chi connectivity index (χ2n) is 8.07. The van der Waals surface area contributed by atoms with E-state index in [1.165, 1.54) is 20.2 Å². The van der Waals surface area contributed by atoms with Crippen molar-refractivity contribution in [3.05, 3.63) is 33.9 Å². The molecule has 0 amide bonds. The monoisotopic (exact) mass is 479 g/mol. The molecule has 2 aromatic rings. The zero-order valence-electron chi connectivity index (χ0n) is 18.6. The highest BCUT2D eigenvalue weighted by atomic mass is 19.1. The van der Waals surface area contributed by atoms with Gasteiger partial charge in [0.15, 0.2) is 11.6 Å². The summed E-state index contributed by atoms with van der Waals surface area (Å²) in [5.41, 5.74) is 5.65. The molecule has 2 fully saturated rings. The van der Waals surface area contributed by atoms with Gasteiger partial charge in [-0.1, -0.05) is 5.16 Å². The molecule has 1 saturated heterocycles. The van der Waals surface area contributed by atoms with E-state index in [0.717, 1.165) is 18.9 Å². The van der Waals surface area contributed by atoms with Crippen LogP contribution in [0.25, 0.3) is 11.0 Å². The fraction of sp³-hybridized carbons (Fsp3) is 0.476. The Balaban J connectivity index is 0.000000481. The fourth-order valence-corrected chi connectivity index (χ4v) is 3.60. The van der Waals surface area contributed by atoms with Crippen molar-refractivity contribution >= 4 is 34.5 Å². The van der Waals surface area contributed by atoms with Crippen molar-refractivity contribution in [1.82, 2.24) is 9.55 Å². The van der Waals surface area contributed by atoms with Gasteiger partial charge in [-0.25, -0.2) is 19.0 Å². The van der Waals surface area contributed by atoms with Gasteiger partial charge in [0.1, 0.15) is 24.4 Å². The van der Waals surface area contributed by atoms with Gasteiger partial charge in [0.2, 0.25) is 5.43 Å². The van der Waals surface area contributed by atoms with E-state index in [1.54, 1.807) is 9.47 Å². The van der Waals surface area contributed by atoms with Crippen molar-refractivity contribution in [1.29, 1.82) is 0 Å². The highest BCUT2D eigenvalue weighted by Crippen LogP contribution is 2.37. The summed E-state index contributed by atoms with van der Waals surface area (Å²) in [7, 11) is 1.44. The molecule has 0 spiro atoms. The third kappa shape index (κ3) is 5.15. The van der Waals surface area contributed by atoms with E-state index < -0.39 is 29.3 Å².